The molecule has 3 heterocycles. The third-order valence-corrected chi connectivity index (χ3v) is 4.17. The number of hydrogen-bond acceptors (Lipinski definition) is 4. The van der Waals surface area contributed by atoms with Crippen molar-refractivity contribution in [3.05, 3.63) is 48.3 Å². The van der Waals surface area contributed by atoms with Gasteiger partial charge in [0.25, 0.3) is 0 Å². The summed E-state index contributed by atoms with van der Waals surface area (Å²) in [6.07, 6.45) is 0.260. The molecule has 0 amide bonds. The van der Waals surface area contributed by atoms with Crippen LogP contribution in [0, 0.1) is 5.82 Å². The van der Waals surface area contributed by atoms with Crippen LogP contribution in [-0.4, -0.2) is 24.6 Å². The number of fused-ring (bicyclic) bond motifs is 2. The third kappa shape index (κ3) is 2.52. The summed E-state index contributed by atoms with van der Waals surface area (Å²) in [7, 11) is 0. The fraction of sp³-hybridized carbons (Fsp3) is 0.118. The molecule has 4 rings (SSSR count). The van der Waals surface area contributed by atoms with Gasteiger partial charge in [0.15, 0.2) is 5.65 Å². The molecule has 10 heteroatoms. The normalized spacial score (nSPS) is 12.2. The van der Waals surface area contributed by atoms with E-state index in [0.29, 0.717) is 5.65 Å². The van der Waals surface area contributed by atoms with Crippen LogP contribution in [0.3, 0.4) is 0 Å². The number of H-pyrrole nitrogens is 1. The second-order valence-electron chi connectivity index (χ2n) is 6.08. The lowest BCUT2D eigenvalue weighted by atomic mass is 9.93. The molecule has 0 bridgehead atoms. The zero-order valence-electron chi connectivity index (χ0n) is 13.9. The van der Waals surface area contributed by atoms with Crippen molar-refractivity contribution in [1.82, 2.24) is 24.6 Å². The Morgan fingerprint density at radius 1 is 1.26 bits per heavy atom. The first-order valence-electron chi connectivity index (χ1n) is 7.70. The van der Waals surface area contributed by atoms with Crippen LogP contribution in [0.1, 0.15) is 18.1 Å². The largest absolute Gasteiger partial charge is 0.419 e. The number of imidazole rings is 1. The number of nitrogen functional groups attached to an aromatic ring is 1. The minimum Gasteiger partial charge on any atom is -0.382 e. The number of benzene rings is 1. The number of aromatic amines is 1. The number of rotatable bonds is 2. The molecule has 4 aromatic rings. The quantitative estimate of drug-likeness (QED) is 0.517. The Balaban J connectivity index is 2.16. The average molecular weight is 376 g/mol. The van der Waals surface area contributed by atoms with Crippen LogP contribution in [0.25, 0.3) is 33.4 Å². The summed E-state index contributed by atoms with van der Waals surface area (Å²) in [6, 6.07) is 0. The topological polar surface area (TPSA) is 84.9 Å². The summed E-state index contributed by atoms with van der Waals surface area (Å²) >= 11 is 0. The number of nitrogens with one attached hydrogen (secondary N) is 1. The van der Waals surface area contributed by atoms with Gasteiger partial charge in [0, 0.05) is 22.7 Å². The Labute approximate surface area is 149 Å². The number of allylic oxidation sites excluding steroid dienone is 1. The first-order valence-corrected chi connectivity index (χ1v) is 7.70. The number of nitrogens with two attached hydrogens (primary N) is 1. The minimum atomic E-state index is -4.96. The predicted molar refractivity (Wildman–Crippen MR) is 92.2 cm³/mol. The van der Waals surface area contributed by atoms with Crippen molar-refractivity contribution < 1.29 is 17.6 Å². The molecule has 0 unspecified atom stereocenters. The van der Waals surface area contributed by atoms with Crippen LogP contribution in [0.5, 0.6) is 0 Å². The number of alkyl halides is 3. The Morgan fingerprint density at radius 3 is 2.67 bits per heavy atom. The maximum atomic E-state index is 15.0. The second-order valence-corrected chi connectivity index (χ2v) is 6.08. The van der Waals surface area contributed by atoms with Crippen molar-refractivity contribution >= 4 is 27.9 Å². The molecule has 3 aromatic heterocycles. The molecule has 0 radical (unpaired) electrons. The summed E-state index contributed by atoms with van der Waals surface area (Å²) in [5.41, 5.74) is 4.04. The highest BCUT2D eigenvalue weighted by Crippen LogP contribution is 2.44. The Hall–Kier alpha value is -3.43. The van der Waals surface area contributed by atoms with Gasteiger partial charge in [-0.25, -0.2) is 9.37 Å². The number of aromatic nitrogens is 5. The number of halogens is 4. The van der Waals surface area contributed by atoms with Gasteiger partial charge in [-0.05, 0) is 12.5 Å². The lowest BCUT2D eigenvalue weighted by Gasteiger charge is -2.18. The van der Waals surface area contributed by atoms with Crippen LogP contribution in [0.2, 0.25) is 0 Å². The molecule has 0 atom stereocenters. The van der Waals surface area contributed by atoms with Crippen molar-refractivity contribution in [3.63, 3.8) is 0 Å². The Morgan fingerprint density at radius 2 is 2.00 bits per heavy atom. The van der Waals surface area contributed by atoms with E-state index >= 15 is 0 Å². The van der Waals surface area contributed by atoms with E-state index in [-0.39, 0.29) is 33.6 Å². The molecule has 0 aliphatic heterocycles. The zero-order chi connectivity index (χ0) is 19.5. The lowest BCUT2D eigenvalue weighted by Crippen LogP contribution is -2.13. The van der Waals surface area contributed by atoms with Crippen LogP contribution in [0.15, 0.2) is 31.4 Å². The SMILES string of the molecule is C=C(C)c1c(F)c(C(F)(F)F)c(-c2cn3cc(N)nc3cn2)c2cn[nH]c12. The highest BCUT2D eigenvalue weighted by atomic mass is 19.4. The molecular weight excluding hydrogens is 364 g/mol. The standard InChI is InChI=1S/C17H12F4N6/c1-7(2)12-15(18)14(17(19,20)21)13(8-3-24-26-16(8)12)9-5-27-6-10(22)25-11(27)4-23-9/h3-6H,1,22H2,2H3,(H,24,26). The Bertz CT molecular complexity index is 1220. The summed E-state index contributed by atoms with van der Waals surface area (Å²) in [5, 5.41) is 6.43. The highest BCUT2D eigenvalue weighted by molar-refractivity contribution is 6.01. The maximum absolute atomic E-state index is 15.0. The monoisotopic (exact) mass is 376 g/mol. The van der Waals surface area contributed by atoms with E-state index in [0.717, 1.165) is 0 Å². The first-order chi connectivity index (χ1) is 12.7. The van der Waals surface area contributed by atoms with E-state index in [1.165, 1.54) is 36.1 Å². The van der Waals surface area contributed by atoms with Gasteiger partial charge in [0.05, 0.1) is 29.8 Å². The van der Waals surface area contributed by atoms with Crippen molar-refractivity contribution in [2.24, 2.45) is 0 Å². The van der Waals surface area contributed by atoms with Gasteiger partial charge in [0.1, 0.15) is 17.2 Å². The fourth-order valence-electron chi connectivity index (χ4n) is 3.13. The van der Waals surface area contributed by atoms with E-state index in [9.17, 15) is 17.6 Å². The molecule has 3 N–H and O–H groups in total. The summed E-state index contributed by atoms with van der Waals surface area (Å²) in [4.78, 5) is 8.02. The summed E-state index contributed by atoms with van der Waals surface area (Å²) < 4.78 is 57.9. The average Bonchev–Trinajstić information content (AvgIpc) is 3.16. The van der Waals surface area contributed by atoms with Gasteiger partial charge in [-0.3, -0.25) is 10.1 Å². The molecule has 0 aliphatic carbocycles. The van der Waals surface area contributed by atoms with Crippen molar-refractivity contribution in [1.29, 1.82) is 0 Å². The van der Waals surface area contributed by atoms with Crippen molar-refractivity contribution in [2.75, 3.05) is 5.73 Å². The molecule has 0 saturated heterocycles. The number of anilines is 1. The smallest absolute Gasteiger partial charge is 0.382 e. The van der Waals surface area contributed by atoms with Crippen LogP contribution in [0.4, 0.5) is 23.4 Å². The van der Waals surface area contributed by atoms with E-state index < -0.39 is 23.1 Å². The van der Waals surface area contributed by atoms with Crippen molar-refractivity contribution in [3.8, 4) is 11.3 Å². The van der Waals surface area contributed by atoms with Gasteiger partial charge in [0.2, 0.25) is 0 Å². The van der Waals surface area contributed by atoms with Gasteiger partial charge in [-0.2, -0.15) is 18.3 Å². The fourth-order valence-corrected chi connectivity index (χ4v) is 3.13. The van der Waals surface area contributed by atoms with Crippen LogP contribution in [-0.2, 0) is 6.18 Å². The van der Waals surface area contributed by atoms with E-state index in [1.54, 1.807) is 0 Å². The van der Waals surface area contributed by atoms with E-state index in [4.69, 9.17) is 5.73 Å². The van der Waals surface area contributed by atoms with Crippen molar-refractivity contribution in [2.45, 2.75) is 13.1 Å². The first kappa shape index (κ1) is 17.0. The predicted octanol–water partition coefficient (Wildman–Crippen LogP) is 4.05. The highest BCUT2D eigenvalue weighted by Gasteiger charge is 2.40. The molecule has 6 nitrogen and oxygen atoms in total. The molecule has 0 aliphatic rings. The summed E-state index contributed by atoms with van der Waals surface area (Å²) in [6.45, 7) is 5.02. The van der Waals surface area contributed by atoms with E-state index in [2.05, 4.69) is 26.7 Å². The molecular formula is C17H12F4N6. The minimum absolute atomic E-state index is 0.0849. The van der Waals surface area contributed by atoms with E-state index in [1.807, 2.05) is 0 Å². The number of hydrogen-bond donors (Lipinski definition) is 2. The van der Waals surface area contributed by atoms with Gasteiger partial charge < -0.3 is 10.1 Å². The Kier molecular flexibility index (Phi) is 3.48. The maximum Gasteiger partial charge on any atom is 0.419 e. The zero-order valence-corrected chi connectivity index (χ0v) is 13.9. The molecule has 27 heavy (non-hydrogen) atoms. The van der Waals surface area contributed by atoms with Gasteiger partial charge in [-0.1, -0.05) is 6.58 Å². The molecule has 1 aromatic carbocycles. The molecule has 0 saturated carbocycles. The van der Waals surface area contributed by atoms with Gasteiger partial charge >= 0.3 is 6.18 Å². The van der Waals surface area contributed by atoms with Gasteiger partial charge in [-0.15, -0.1) is 0 Å². The summed E-state index contributed by atoms with van der Waals surface area (Å²) in [5.74, 6) is -1.24. The van der Waals surface area contributed by atoms with Crippen LogP contribution < -0.4 is 5.73 Å². The second kappa shape index (κ2) is 5.53. The molecule has 138 valence electrons. The van der Waals surface area contributed by atoms with Crippen LogP contribution >= 0.6 is 0 Å². The number of nitrogens with zero attached hydrogens (tertiary/aromatic N) is 4. The lowest BCUT2D eigenvalue weighted by molar-refractivity contribution is -0.139. The molecule has 0 fully saturated rings. The third-order valence-electron chi connectivity index (χ3n) is 4.17. The molecule has 0 spiro atoms.